The molecule has 1 heterocycles. The van der Waals surface area contributed by atoms with E-state index in [4.69, 9.17) is 5.26 Å². The second kappa shape index (κ2) is 9.24. The summed E-state index contributed by atoms with van der Waals surface area (Å²) in [7, 11) is 3.56. The summed E-state index contributed by atoms with van der Waals surface area (Å²) in [5.74, 6) is 0.0229. The lowest BCUT2D eigenvalue weighted by atomic mass is 9.74. The summed E-state index contributed by atoms with van der Waals surface area (Å²) in [6.45, 7) is 5.25. The summed E-state index contributed by atoms with van der Waals surface area (Å²) in [5.41, 5.74) is 4.28. The van der Waals surface area contributed by atoms with Gasteiger partial charge in [0.15, 0.2) is 0 Å². The molecule has 0 N–H and O–H groups in total. The number of carbonyl (C=O) groups excluding carboxylic acids is 1. The number of hydrogen-bond acceptors (Lipinski definition) is 3. The van der Waals surface area contributed by atoms with Gasteiger partial charge in [0, 0.05) is 32.6 Å². The molecule has 0 aliphatic carbocycles. The molecule has 0 saturated carbocycles. The monoisotopic (exact) mass is 389 g/mol. The van der Waals surface area contributed by atoms with E-state index >= 15 is 0 Å². The number of carbonyl (C=O) groups is 1. The summed E-state index contributed by atoms with van der Waals surface area (Å²) in [6.07, 6.45) is 3.98. The normalized spacial score (nSPS) is 16.2. The third kappa shape index (κ3) is 4.86. The lowest BCUT2D eigenvalue weighted by molar-refractivity contribution is 0.0828. The molecule has 2 aromatic rings. The van der Waals surface area contributed by atoms with Crippen molar-refractivity contribution in [2.24, 2.45) is 5.41 Å². The van der Waals surface area contributed by atoms with Crippen molar-refractivity contribution in [2.75, 3.05) is 27.2 Å². The number of hydrogen-bond donors (Lipinski definition) is 0. The summed E-state index contributed by atoms with van der Waals surface area (Å²) < 4.78 is 0. The summed E-state index contributed by atoms with van der Waals surface area (Å²) in [4.78, 5) is 16.6. The first-order chi connectivity index (χ1) is 14.0. The number of rotatable bonds is 6. The van der Waals surface area contributed by atoms with E-state index in [0.717, 1.165) is 55.6 Å². The first-order valence-electron chi connectivity index (χ1n) is 10.5. The van der Waals surface area contributed by atoms with Gasteiger partial charge in [-0.2, -0.15) is 5.26 Å². The molecular weight excluding hydrogens is 358 g/mol. The maximum Gasteiger partial charge on any atom is 0.253 e. The molecule has 0 aromatic heterocycles. The average Bonchev–Trinajstić information content (AvgIpc) is 2.75. The molecular formula is C25H31N3O. The highest BCUT2D eigenvalue weighted by Gasteiger charge is 2.32. The number of nitriles is 1. The highest BCUT2D eigenvalue weighted by Crippen LogP contribution is 2.38. The Labute approximate surface area is 174 Å². The minimum Gasteiger partial charge on any atom is -0.345 e. The second-order valence-corrected chi connectivity index (χ2v) is 8.41. The van der Waals surface area contributed by atoms with Gasteiger partial charge >= 0.3 is 0 Å². The molecule has 1 saturated heterocycles. The van der Waals surface area contributed by atoms with Crippen molar-refractivity contribution in [2.45, 2.75) is 39.2 Å². The first kappa shape index (κ1) is 21.1. The quantitative estimate of drug-likeness (QED) is 0.701. The lowest BCUT2D eigenvalue weighted by Gasteiger charge is -2.40. The topological polar surface area (TPSA) is 47.3 Å². The molecule has 2 aromatic carbocycles. The standard InChI is InChI=1S/C25H31N3O/c1-4-25(13-16-26)14-17-28(18-15-25)19-20-9-11-21(12-10-20)22-7-5-6-8-23(22)24(29)27(2)3/h5-12H,4,13-15,17-19H2,1-3H3. The Morgan fingerprint density at radius 3 is 2.34 bits per heavy atom. The Morgan fingerprint density at radius 2 is 1.76 bits per heavy atom. The molecule has 3 rings (SSSR count). The SMILES string of the molecule is CCC1(CC#N)CCN(Cc2ccc(-c3ccccc3C(=O)N(C)C)cc2)CC1. The third-order valence-corrected chi connectivity index (χ3v) is 6.36. The highest BCUT2D eigenvalue weighted by atomic mass is 16.2. The van der Waals surface area contributed by atoms with Crippen molar-refractivity contribution in [1.82, 2.24) is 9.80 Å². The Kier molecular flexibility index (Phi) is 6.71. The fourth-order valence-electron chi connectivity index (χ4n) is 4.22. The van der Waals surface area contributed by atoms with Gasteiger partial charge in [-0.15, -0.1) is 0 Å². The van der Waals surface area contributed by atoms with Crippen LogP contribution in [0.15, 0.2) is 48.5 Å². The van der Waals surface area contributed by atoms with E-state index in [9.17, 15) is 4.79 Å². The minimum atomic E-state index is 0.0229. The minimum absolute atomic E-state index is 0.0229. The van der Waals surface area contributed by atoms with Crippen LogP contribution in [0.3, 0.4) is 0 Å². The molecule has 0 bridgehead atoms. The molecule has 29 heavy (non-hydrogen) atoms. The molecule has 1 amide bonds. The zero-order chi connectivity index (χ0) is 20.9. The van der Waals surface area contributed by atoms with Gasteiger partial charge in [-0.25, -0.2) is 0 Å². The number of likely N-dealkylation sites (tertiary alicyclic amines) is 1. The number of benzene rings is 2. The number of amides is 1. The highest BCUT2D eigenvalue weighted by molar-refractivity contribution is 6.00. The van der Waals surface area contributed by atoms with Crippen molar-refractivity contribution in [3.05, 3.63) is 59.7 Å². The van der Waals surface area contributed by atoms with E-state index in [1.165, 1.54) is 5.56 Å². The molecule has 0 unspecified atom stereocenters. The van der Waals surface area contributed by atoms with E-state index in [1.807, 2.05) is 24.3 Å². The molecule has 0 radical (unpaired) electrons. The third-order valence-electron chi connectivity index (χ3n) is 6.36. The fraction of sp³-hybridized carbons (Fsp3) is 0.440. The Hall–Kier alpha value is -2.64. The molecule has 0 atom stereocenters. The molecule has 0 spiro atoms. The van der Waals surface area contributed by atoms with E-state index in [-0.39, 0.29) is 11.3 Å². The van der Waals surface area contributed by atoms with Crippen molar-refractivity contribution >= 4 is 5.91 Å². The smallest absolute Gasteiger partial charge is 0.253 e. The van der Waals surface area contributed by atoms with E-state index in [2.05, 4.69) is 42.2 Å². The van der Waals surface area contributed by atoms with Crippen LogP contribution < -0.4 is 0 Å². The van der Waals surface area contributed by atoms with E-state index in [1.54, 1.807) is 19.0 Å². The van der Waals surface area contributed by atoms with Gasteiger partial charge in [-0.05, 0) is 60.5 Å². The van der Waals surface area contributed by atoms with Crippen LogP contribution in [0.1, 0.15) is 48.5 Å². The van der Waals surface area contributed by atoms with Crippen LogP contribution in [0.25, 0.3) is 11.1 Å². The van der Waals surface area contributed by atoms with Crippen LogP contribution in [-0.4, -0.2) is 42.9 Å². The Morgan fingerprint density at radius 1 is 1.10 bits per heavy atom. The average molecular weight is 390 g/mol. The molecule has 1 fully saturated rings. The van der Waals surface area contributed by atoms with Crippen LogP contribution in [0.4, 0.5) is 0 Å². The van der Waals surface area contributed by atoms with E-state index in [0.29, 0.717) is 6.42 Å². The van der Waals surface area contributed by atoms with Crippen molar-refractivity contribution < 1.29 is 4.79 Å². The predicted octanol–water partition coefficient (Wildman–Crippen LogP) is 4.96. The van der Waals surface area contributed by atoms with Crippen LogP contribution in [0.5, 0.6) is 0 Å². The van der Waals surface area contributed by atoms with Crippen LogP contribution >= 0.6 is 0 Å². The molecule has 1 aliphatic heterocycles. The van der Waals surface area contributed by atoms with Crippen molar-refractivity contribution in [1.29, 1.82) is 5.26 Å². The van der Waals surface area contributed by atoms with Gasteiger partial charge in [-0.1, -0.05) is 49.4 Å². The molecule has 4 heteroatoms. The molecule has 4 nitrogen and oxygen atoms in total. The predicted molar refractivity (Wildman–Crippen MR) is 117 cm³/mol. The van der Waals surface area contributed by atoms with Gasteiger partial charge in [0.25, 0.3) is 5.91 Å². The fourth-order valence-corrected chi connectivity index (χ4v) is 4.22. The maximum absolute atomic E-state index is 12.5. The zero-order valence-electron chi connectivity index (χ0n) is 17.8. The number of piperidine rings is 1. The largest absolute Gasteiger partial charge is 0.345 e. The lowest BCUT2D eigenvalue weighted by Crippen LogP contribution is -2.39. The summed E-state index contributed by atoms with van der Waals surface area (Å²) in [5, 5.41) is 9.13. The summed E-state index contributed by atoms with van der Waals surface area (Å²) in [6, 6.07) is 18.8. The van der Waals surface area contributed by atoms with E-state index < -0.39 is 0 Å². The first-order valence-corrected chi connectivity index (χ1v) is 10.5. The second-order valence-electron chi connectivity index (χ2n) is 8.41. The molecule has 1 aliphatic rings. The van der Waals surface area contributed by atoms with Gasteiger partial charge in [0.2, 0.25) is 0 Å². The van der Waals surface area contributed by atoms with Crippen molar-refractivity contribution in [3.8, 4) is 17.2 Å². The summed E-state index contributed by atoms with van der Waals surface area (Å²) >= 11 is 0. The van der Waals surface area contributed by atoms with Crippen LogP contribution in [0, 0.1) is 16.7 Å². The Bertz CT molecular complexity index is 872. The Balaban J connectivity index is 1.68. The number of nitrogens with zero attached hydrogens (tertiary/aromatic N) is 3. The van der Waals surface area contributed by atoms with Crippen LogP contribution in [-0.2, 0) is 6.54 Å². The van der Waals surface area contributed by atoms with Crippen molar-refractivity contribution in [3.63, 3.8) is 0 Å². The van der Waals surface area contributed by atoms with Gasteiger partial charge in [0.05, 0.1) is 6.07 Å². The van der Waals surface area contributed by atoms with Gasteiger partial charge in [0.1, 0.15) is 0 Å². The van der Waals surface area contributed by atoms with Crippen LogP contribution in [0.2, 0.25) is 0 Å². The maximum atomic E-state index is 12.5. The zero-order valence-corrected chi connectivity index (χ0v) is 17.8. The van der Waals surface area contributed by atoms with Gasteiger partial charge < -0.3 is 4.90 Å². The molecule has 152 valence electrons. The van der Waals surface area contributed by atoms with Gasteiger partial charge in [-0.3, -0.25) is 9.69 Å².